The first-order chi connectivity index (χ1) is 13.2. The Balaban J connectivity index is 1.61. The summed E-state index contributed by atoms with van der Waals surface area (Å²) in [6.07, 6.45) is 11.6. The van der Waals surface area contributed by atoms with Crippen molar-refractivity contribution in [2.24, 2.45) is 5.92 Å². The number of hydrogen-bond acceptors (Lipinski definition) is 3. The van der Waals surface area contributed by atoms with Gasteiger partial charge >= 0.3 is 0 Å². The number of fused-ring (bicyclic) bond motifs is 2. The molecule has 2 heterocycles. The van der Waals surface area contributed by atoms with E-state index in [9.17, 15) is 0 Å². The van der Waals surface area contributed by atoms with Crippen LogP contribution in [-0.2, 0) is 16.6 Å². The number of benzene rings is 1. The fraction of sp³-hybridized carbons (Fsp3) is 0.750. The van der Waals surface area contributed by atoms with Crippen LogP contribution in [0.15, 0.2) is 18.2 Å². The third-order valence-electron chi connectivity index (χ3n) is 8.38. The molecule has 27 heavy (non-hydrogen) atoms. The van der Waals surface area contributed by atoms with Gasteiger partial charge in [-0.2, -0.15) is 0 Å². The first kappa shape index (κ1) is 18.0. The molecule has 4 unspecified atom stereocenters. The molecule has 0 N–H and O–H groups in total. The van der Waals surface area contributed by atoms with Crippen molar-refractivity contribution in [3.8, 4) is 5.75 Å². The Labute approximate surface area is 164 Å². The molecule has 0 radical (unpaired) electrons. The van der Waals surface area contributed by atoms with Crippen molar-refractivity contribution in [3.63, 3.8) is 0 Å². The number of rotatable bonds is 5. The molecule has 5 rings (SSSR count). The van der Waals surface area contributed by atoms with Crippen LogP contribution in [0.25, 0.3) is 0 Å². The van der Waals surface area contributed by atoms with E-state index in [4.69, 9.17) is 9.47 Å². The zero-order chi connectivity index (χ0) is 18.5. The normalized spacial score (nSPS) is 37.4. The lowest BCUT2D eigenvalue weighted by Crippen LogP contribution is -2.53. The molecular formula is C24H35NO2. The van der Waals surface area contributed by atoms with Crippen LogP contribution < -0.4 is 4.74 Å². The average Bonchev–Trinajstić information content (AvgIpc) is 2.85. The van der Waals surface area contributed by atoms with Crippen LogP contribution in [0.1, 0.15) is 69.4 Å². The molecule has 4 bridgehead atoms. The quantitative estimate of drug-likeness (QED) is 0.702. The summed E-state index contributed by atoms with van der Waals surface area (Å²) >= 11 is 0. The van der Waals surface area contributed by atoms with E-state index in [1.165, 1.54) is 70.9 Å². The van der Waals surface area contributed by atoms with E-state index in [1.807, 2.05) is 0 Å². The van der Waals surface area contributed by atoms with Crippen molar-refractivity contribution < 1.29 is 9.47 Å². The van der Waals surface area contributed by atoms with Gasteiger partial charge < -0.3 is 9.47 Å². The highest BCUT2D eigenvalue weighted by Gasteiger charge is 2.66. The lowest BCUT2D eigenvalue weighted by atomic mass is 9.54. The van der Waals surface area contributed by atoms with E-state index in [1.54, 1.807) is 18.2 Å². The second-order valence-corrected chi connectivity index (χ2v) is 9.44. The van der Waals surface area contributed by atoms with Crippen LogP contribution in [0, 0.1) is 5.92 Å². The van der Waals surface area contributed by atoms with Crippen molar-refractivity contribution in [1.29, 1.82) is 0 Å². The summed E-state index contributed by atoms with van der Waals surface area (Å²) in [4.78, 5) is 2.83. The van der Waals surface area contributed by atoms with Gasteiger partial charge in [0.15, 0.2) is 0 Å². The van der Waals surface area contributed by atoms with Crippen LogP contribution in [0.2, 0.25) is 0 Å². The summed E-state index contributed by atoms with van der Waals surface area (Å²) in [5.74, 6) is 1.71. The molecule has 4 aliphatic rings. The second kappa shape index (κ2) is 6.77. The van der Waals surface area contributed by atoms with Crippen molar-refractivity contribution in [1.82, 2.24) is 4.90 Å². The Bertz CT molecular complexity index is 700. The smallest absolute Gasteiger partial charge is 0.119 e. The summed E-state index contributed by atoms with van der Waals surface area (Å²) in [7, 11) is 1.80. The molecule has 2 aliphatic carbocycles. The number of hydrogen-bond donors (Lipinski definition) is 0. The van der Waals surface area contributed by atoms with Gasteiger partial charge in [-0.05, 0) is 80.8 Å². The van der Waals surface area contributed by atoms with Gasteiger partial charge in [-0.1, -0.05) is 32.3 Å². The highest BCUT2D eigenvalue weighted by Crippen LogP contribution is 2.63. The minimum absolute atomic E-state index is 0.0672. The van der Waals surface area contributed by atoms with Crippen molar-refractivity contribution >= 4 is 0 Å². The Hall–Kier alpha value is -1.06. The SMILES string of the molecule is CCCCCN1CCC23c4cc(OC)ccc4CC1CC21CCCC3CO1. The number of unbranched alkanes of at least 4 members (excludes halogenated alkanes) is 2. The van der Waals surface area contributed by atoms with Gasteiger partial charge in [0.2, 0.25) is 0 Å². The zero-order valence-corrected chi connectivity index (χ0v) is 17.1. The standard InChI is InChI=1S/C24H35NO2/c1-3-4-5-12-25-13-11-24-19-7-6-10-23(24,27-17-19)16-20(25)14-18-8-9-21(26-2)15-22(18)24/h8-9,15,19-20H,3-7,10-14,16-17H2,1-2H3. The lowest BCUT2D eigenvalue weighted by Gasteiger charge is -2.50. The van der Waals surface area contributed by atoms with Crippen molar-refractivity contribution in [3.05, 3.63) is 29.3 Å². The molecule has 0 amide bonds. The fourth-order valence-electron chi connectivity index (χ4n) is 7.14. The maximum Gasteiger partial charge on any atom is 0.119 e. The van der Waals surface area contributed by atoms with Crippen LogP contribution >= 0.6 is 0 Å². The van der Waals surface area contributed by atoms with E-state index in [-0.39, 0.29) is 11.0 Å². The molecular weight excluding hydrogens is 334 g/mol. The third-order valence-corrected chi connectivity index (χ3v) is 8.38. The Morgan fingerprint density at radius 3 is 3.04 bits per heavy atom. The van der Waals surface area contributed by atoms with Crippen LogP contribution in [-0.4, -0.2) is 43.3 Å². The molecule has 0 aromatic heterocycles. The molecule has 3 heteroatoms. The molecule has 0 spiro atoms. The van der Waals surface area contributed by atoms with Crippen LogP contribution in [0.3, 0.4) is 0 Å². The first-order valence-electron chi connectivity index (χ1n) is 11.3. The Morgan fingerprint density at radius 2 is 2.19 bits per heavy atom. The van der Waals surface area contributed by atoms with E-state index >= 15 is 0 Å². The van der Waals surface area contributed by atoms with E-state index in [0.29, 0.717) is 12.0 Å². The van der Waals surface area contributed by atoms with E-state index < -0.39 is 0 Å². The van der Waals surface area contributed by atoms with Gasteiger partial charge in [-0.15, -0.1) is 0 Å². The van der Waals surface area contributed by atoms with E-state index in [2.05, 4.69) is 30.0 Å². The van der Waals surface area contributed by atoms with Gasteiger partial charge in [0.25, 0.3) is 0 Å². The third kappa shape index (κ3) is 2.54. The summed E-state index contributed by atoms with van der Waals surface area (Å²) in [6.45, 7) is 5.79. The van der Waals surface area contributed by atoms with Gasteiger partial charge in [-0.25, -0.2) is 0 Å². The highest BCUT2D eigenvalue weighted by molar-refractivity contribution is 5.47. The summed E-state index contributed by atoms with van der Waals surface area (Å²) in [5.41, 5.74) is 3.43. The molecule has 3 nitrogen and oxygen atoms in total. The predicted octanol–water partition coefficient (Wildman–Crippen LogP) is 4.71. The zero-order valence-electron chi connectivity index (χ0n) is 17.1. The maximum atomic E-state index is 6.79. The molecule has 3 fully saturated rings. The molecule has 148 valence electrons. The molecule has 1 saturated carbocycles. The molecule has 1 aromatic carbocycles. The highest BCUT2D eigenvalue weighted by atomic mass is 16.5. The van der Waals surface area contributed by atoms with Crippen molar-refractivity contribution in [2.75, 3.05) is 26.8 Å². The van der Waals surface area contributed by atoms with Gasteiger partial charge in [-0.3, -0.25) is 4.90 Å². The average molecular weight is 370 g/mol. The van der Waals surface area contributed by atoms with Crippen molar-refractivity contribution in [2.45, 2.75) is 81.8 Å². The summed E-state index contributed by atoms with van der Waals surface area (Å²) < 4.78 is 12.4. The largest absolute Gasteiger partial charge is 0.497 e. The van der Waals surface area contributed by atoms with Gasteiger partial charge in [0, 0.05) is 11.5 Å². The minimum atomic E-state index is 0.0672. The lowest BCUT2D eigenvalue weighted by molar-refractivity contribution is -0.0568. The minimum Gasteiger partial charge on any atom is -0.497 e. The van der Waals surface area contributed by atoms with Gasteiger partial charge in [0.05, 0.1) is 19.3 Å². The number of likely N-dealkylation sites (tertiary alicyclic amines) is 1. The monoisotopic (exact) mass is 369 g/mol. The number of methoxy groups -OCH3 is 1. The number of nitrogens with zero attached hydrogens (tertiary/aromatic N) is 1. The van der Waals surface area contributed by atoms with Crippen LogP contribution in [0.5, 0.6) is 5.75 Å². The molecule has 2 saturated heterocycles. The van der Waals surface area contributed by atoms with Gasteiger partial charge in [0.1, 0.15) is 5.75 Å². The second-order valence-electron chi connectivity index (χ2n) is 9.44. The summed E-state index contributed by atoms with van der Waals surface area (Å²) in [5, 5.41) is 0. The fourth-order valence-corrected chi connectivity index (χ4v) is 7.14. The van der Waals surface area contributed by atoms with E-state index in [0.717, 1.165) is 12.4 Å². The first-order valence-corrected chi connectivity index (χ1v) is 11.3. The maximum absolute atomic E-state index is 6.79. The molecule has 2 aliphatic heterocycles. The molecule has 1 aromatic rings. The van der Waals surface area contributed by atoms with Crippen LogP contribution in [0.4, 0.5) is 0 Å². The number of ether oxygens (including phenoxy) is 2. The molecule has 4 atom stereocenters. The Morgan fingerprint density at radius 1 is 1.26 bits per heavy atom. The topological polar surface area (TPSA) is 21.7 Å². The predicted molar refractivity (Wildman–Crippen MR) is 109 cm³/mol. The summed E-state index contributed by atoms with van der Waals surface area (Å²) in [6, 6.07) is 7.56. The Kier molecular flexibility index (Phi) is 4.52.